The smallest absolute Gasteiger partial charge is 0.237 e. The number of rotatable bonds is 5. The standard InChI is InChI=1S/C17H22N2O/c1-4-18-17(20)13(2)19(3)12-14-9-10-15-7-5-6-8-16(15)11-14/h5-11,13H,4,12H2,1-3H3,(H,18,20)/t13-/m0/s1. The molecule has 1 atom stereocenters. The van der Waals surface area contributed by atoms with Gasteiger partial charge in [0.15, 0.2) is 0 Å². The number of likely N-dealkylation sites (N-methyl/N-ethyl adjacent to an activating group) is 2. The van der Waals surface area contributed by atoms with E-state index in [1.807, 2.05) is 33.0 Å². The number of carbonyl (C=O) groups is 1. The zero-order valence-corrected chi connectivity index (χ0v) is 12.4. The van der Waals surface area contributed by atoms with Crippen LogP contribution in [0.4, 0.5) is 0 Å². The molecule has 0 saturated carbocycles. The summed E-state index contributed by atoms with van der Waals surface area (Å²) >= 11 is 0. The number of carbonyl (C=O) groups excluding carboxylic acids is 1. The molecular weight excluding hydrogens is 248 g/mol. The van der Waals surface area contributed by atoms with Gasteiger partial charge in [-0.25, -0.2) is 0 Å². The van der Waals surface area contributed by atoms with E-state index in [4.69, 9.17) is 0 Å². The van der Waals surface area contributed by atoms with Crippen LogP contribution in [0.5, 0.6) is 0 Å². The molecule has 3 nitrogen and oxygen atoms in total. The van der Waals surface area contributed by atoms with Crippen molar-refractivity contribution in [2.24, 2.45) is 0 Å². The molecule has 0 aromatic heterocycles. The van der Waals surface area contributed by atoms with E-state index in [-0.39, 0.29) is 11.9 Å². The minimum absolute atomic E-state index is 0.0794. The monoisotopic (exact) mass is 270 g/mol. The molecule has 0 aliphatic rings. The molecule has 1 N–H and O–H groups in total. The average molecular weight is 270 g/mol. The van der Waals surface area contributed by atoms with Crippen molar-refractivity contribution in [3.8, 4) is 0 Å². The molecular formula is C17H22N2O. The molecule has 0 radical (unpaired) electrons. The molecule has 3 heteroatoms. The van der Waals surface area contributed by atoms with Gasteiger partial charge in [0, 0.05) is 13.1 Å². The van der Waals surface area contributed by atoms with E-state index >= 15 is 0 Å². The van der Waals surface area contributed by atoms with Gasteiger partial charge in [-0.1, -0.05) is 36.4 Å². The van der Waals surface area contributed by atoms with Crippen LogP contribution < -0.4 is 5.32 Å². The minimum Gasteiger partial charge on any atom is -0.355 e. The third-order valence-electron chi connectivity index (χ3n) is 3.64. The predicted molar refractivity (Wildman–Crippen MR) is 83.6 cm³/mol. The summed E-state index contributed by atoms with van der Waals surface area (Å²) in [4.78, 5) is 13.9. The molecule has 0 aliphatic heterocycles. The van der Waals surface area contributed by atoms with Gasteiger partial charge in [-0.2, -0.15) is 0 Å². The van der Waals surface area contributed by atoms with Gasteiger partial charge in [0.05, 0.1) is 6.04 Å². The highest BCUT2D eigenvalue weighted by Crippen LogP contribution is 2.17. The van der Waals surface area contributed by atoms with Crippen molar-refractivity contribution < 1.29 is 4.79 Å². The highest BCUT2D eigenvalue weighted by Gasteiger charge is 2.17. The Balaban J connectivity index is 2.09. The second-order valence-corrected chi connectivity index (χ2v) is 5.17. The Hall–Kier alpha value is -1.87. The highest BCUT2D eigenvalue weighted by molar-refractivity contribution is 5.83. The van der Waals surface area contributed by atoms with Crippen LogP contribution in [0.2, 0.25) is 0 Å². The van der Waals surface area contributed by atoms with Crippen molar-refractivity contribution in [1.82, 2.24) is 10.2 Å². The summed E-state index contributed by atoms with van der Waals surface area (Å²) in [5.74, 6) is 0.0794. The van der Waals surface area contributed by atoms with Crippen molar-refractivity contribution >= 4 is 16.7 Å². The topological polar surface area (TPSA) is 32.3 Å². The van der Waals surface area contributed by atoms with Crippen molar-refractivity contribution in [2.45, 2.75) is 26.4 Å². The Kier molecular flexibility index (Phi) is 4.74. The van der Waals surface area contributed by atoms with E-state index in [1.54, 1.807) is 0 Å². The lowest BCUT2D eigenvalue weighted by Crippen LogP contribution is -2.42. The summed E-state index contributed by atoms with van der Waals surface area (Å²) in [5.41, 5.74) is 1.22. The van der Waals surface area contributed by atoms with Crippen molar-refractivity contribution in [2.75, 3.05) is 13.6 Å². The fourth-order valence-electron chi connectivity index (χ4n) is 2.28. The number of hydrogen-bond donors (Lipinski definition) is 1. The van der Waals surface area contributed by atoms with Gasteiger partial charge < -0.3 is 5.32 Å². The van der Waals surface area contributed by atoms with Crippen LogP contribution in [0.1, 0.15) is 19.4 Å². The van der Waals surface area contributed by atoms with E-state index in [0.717, 1.165) is 6.54 Å². The van der Waals surface area contributed by atoms with E-state index in [2.05, 4.69) is 40.5 Å². The van der Waals surface area contributed by atoms with Crippen LogP contribution in [-0.4, -0.2) is 30.4 Å². The number of amides is 1. The van der Waals surface area contributed by atoms with Crippen LogP contribution >= 0.6 is 0 Å². The number of nitrogens with one attached hydrogen (secondary N) is 1. The Bertz CT molecular complexity index is 594. The van der Waals surface area contributed by atoms with E-state index < -0.39 is 0 Å². The number of fused-ring (bicyclic) bond motifs is 1. The molecule has 2 aromatic carbocycles. The first kappa shape index (κ1) is 14.5. The summed E-state index contributed by atoms with van der Waals surface area (Å²) in [7, 11) is 1.98. The van der Waals surface area contributed by atoms with E-state index in [9.17, 15) is 4.79 Å². The Labute approximate surface area is 120 Å². The molecule has 0 heterocycles. The Morgan fingerprint density at radius 3 is 2.60 bits per heavy atom. The number of hydrogen-bond acceptors (Lipinski definition) is 2. The van der Waals surface area contributed by atoms with Gasteiger partial charge in [-0.3, -0.25) is 9.69 Å². The first-order valence-electron chi connectivity index (χ1n) is 7.07. The normalized spacial score (nSPS) is 12.6. The first-order valence-corrected chi connectivity index (χ1v) is 7.07. The lowest BCUT2D eigenvalue weighted by atomic mass is 10.1. The molecule has 106 valence electrons. The van der Waals surface area contributed by atoms with Crippen LogP contribution in [0.3, 0.4) is 0 Å². The maximum absolute atomic E-state index is 11.8. The van der Waals surface area contributed by atoms with E-state index in [1.165, 1.54) is 16.3 Å². The molecule has 0 saturated heterocycles. The van der Waals surface area contributed by atoms with Crippen molar-refractivity contribution in [3.05, 3.63) is 48.0 Å². The molecule has 1 amide bonds. The Morgan fingerprint density at radius 2 is 1.90 bits per heavy atom. The summed E-state index contributed by atoms with van der Waals surface area (Å²) < 4.78 is 0. The van der Waals surface area contributed by atoms with Gasteiger partial charge in [0.1, 0.15) is 0 Å². The third-order valence-corrected chi connectivity index (χ3v) is 3.64. The lowest BCUT2D eigenvalue weighted by Gasteiger charge is -2.23. The summed E-state index contributed by atoms with van der Waals surface area (Å²) in [5, 5.41) is 5.35. The molecule has 0 spiro atoms. The summed E-state index contributed by atoms with van der Waals surface area (Å²) in [6.45, 7) is 5.32. The second kappa shape index (κ2) is 6.53. The summed E-state index contributed by atoms with van der Waals surface area (Å²) in [6.07, 6.45) is 0. The van der Waals surface area contributed by atoms with Gasteiger partial charge in [0.2, 0.25) is 5.91 Å². The van der Waals surface area contributed by atoms with Gasteiger partial charge in [-0.05, 0) is 43.3 Å². The largest absolute Gasteiger partial charge is 0.355 e. The number of benzene rings is 2. The maximum Gasteiger partial charge on any atom is 0.237 e. The highest BCUT2D eigenvalue weighted by atomic mass is 16.2. The SMILES string of the molecule is CCNC(=O)[C@H](C)N(C)Cc1ccc2ccccc2c1. The second-order valence-electron chi connectivity index (χ2n) is 5.17. The van der Waals surface area contributed by atoms with Gasteiger partial charge in [0.25, 0.3) is 0 Å². The molecule has 0 unspecified atom stereocenters. The van der Waals surface area contributed by atoms with Gasteiger partial charge in [-0.15, -0.1) is 0 Å². The fourth-order valence-corrected chi connectivity index (χ4v) is 2.28. The zero-order valence-electron chi connectivity index (χ0n) is 12.4. The average Bonchev–Trinajstić information content (AvgIpc) is 2.46. The zero-order chi connectivity index (χ0) is 14.5. The maximum atomic E-state index is 11.8. The van der Waals surface area contributed by atoms with Crippen LogP contribution in [0, 0.1) is 0 Å². The lowest BCUT2D eigenvalue weighted by molar-refractivity contribution is -0.125. The quantitative estimate of drug-likeness (QED) is 0.906. The third kappa shape index (κ3) is 3.36. The van der Waals surface area contributed by atoms with Crippen LogP contribution in [0.15, 0.2) is 42.5 Å². The first-order chi connectivity index (χ1) is 9.61. The fraction of sp³-hybridized carbons (Fsp3) is 0.353. The molecule has 0 aliphatic carbocycles. The van der Waals surface area contributed by atoms with Crippen molar-refractivity contribution in [1.29, 1.82) is 0 Å². The van der Waals surface area contributed by atoms with E-state index in [0.29, 0.717) is 6.54 Å². The van der Waals surface area contributed by atoms with Crippen LogP contribution in [-0.2, 0) is 11.3 Å². The molecule has 0 fully saturated rings. The van der Waals surface area contributed by atoms with Gasteiger partial charge >= 0.3 is 0 Å². The molecule has 20 heavy (non-hydrogen) atoms. The molecule has 2 rings (SSSR count). The number of nitrogens with zero attached hydrogens (tertiary/aromatic N) is 1. The van der Waals surface area contributed by atoms with Crippen LogP contribution in [0.25, 0.3) is 10.8 Å². The molecule has 2 aromatic rings. The molecule has 0 bridgehead atoms. The Morgan fingerprint density at radius 1 is 1.20 bits per heavy atom. The predicted octanol–water partition coefficient (Wildman–Crippen LogP) is 2.80. The van der Waals surface area contributed by atoms with Crippen molar-refractivity contribution in [3.63, 3.8) is 0 Å². The summed E-state index contributed by atoms with van der Waals surface area (Å²) in [6, 6.07) is 14.7. The minimum atomic E-state index is -0.124.